The lowest BCUT2D eigenvalue weighted by Gasteiger charge is -2.12. The van der Waals surface area contributed by atoms with Crippen molar-refractivity contribution in [2.24, 2.45) is 0 Å². The minimum atomic E-state index is -3.03. The molecule has 1 aromatic carbocycles. The van der Waals surface area contributed by atoms with Gasteiger partial charge in [-0.25, -0.2) is 14.5 Å². The maximum atomic E-state index is 12.7. The van der Waals surface area contributed by atoms with Gasteiger partial charge in [0.2, 0.25) is 17.0 Å². The van der Waals surface area contributed by atoms with E-state index in [0.717, 1.165) is 0 Å². The lowest BCUT2D eigenvalue weighted by atomic mass is 10.1. The van der Waals surface area contributed by atoms with Crippen molar-refractivity contribution in [2.45, 2.75) is 13.5 Å². The number of nitriles is 1. The molecule has 2 heterocycles. The highest BCUT2D eigenvalue weighted by Gasteiger charge is 2.21. The number of esters is 1. The maximum Gasteiger partial charge on any atom is 0.388 e. The first-order valence-electron chi connectivity index (χ1n) is 8.00. The van der Waals surface area contributed by atoms with Crippen LogP contribution in [0.3, 0.4) is 0 Å². The van der Waals surface area contributed by atoms with Crippen molar-refractivity contribution in [2.75, 3.05) is 6.61 Å². The summed E-state index contributed by atoms with van der Waals surface area (Å²) in [5, 5.41) is 13.4. The standard InChI is InChI=1S/C18H12F2N4O4/c1-2-27-17(26)15-16(25)14-10(8-21)4-3-5-12(14)24(23-15)11-6-7-13(22-9-11)28-18(19)20/h3-7,9,18H,2H2,1H3. The number of fused-ring (bicyclic) bond motifs is 1. The summed E-state index contributed by atoms with van der Waals surface area (Å²) in [5.74, 6) is -1.26. The van der Waals surface area contributed by atoms with Gasteiger partial charge in [-0.3, -0.25) is 4.79 Å². The Bertz CT molecular complexity index is 1140. The molecule has 0 saturated carbocycles. The summed E-state index contributed by atoms with van der Waals surface area (Å²) in [5.41, 5.74) is -0.707. The average Bonchev–Trinajstić information content (AvgIpc) is 2.68. The second-order valence-corrected chi connectivity index (χ2v) is 5.35. The highest BCUT2D eigenvalue weighted by Crippen LogP contribution is 2.20. The Morgan fingerprint density at radius 2 is 2.11 bits per heavy atom. The summed E-state index contributed by atoms with van der Waals surface area (Å²) >= 11 is 0. The fraction of sp³-hybridized carbons (Fsp3) is 0.167. The van der Waals surface area contributed by atoms with E-state index in [1.165, 1.54) is 35.1 Å². The Morgan fingerprint density at radius 1 is 1.32 bits per heavy atom. The molecule has 3 aromatic rings. The van der Waals surface area contributed by atoms with Crippen molar-refractivity contribution < 1.29 is 23.0 Å². The van der Waals surface area contributed by atoms with E-state index in [2.05, 4.69) is 14.8 Å². The predicted molar refractivity (Wildman–Crippen MR) is 92.4 cm³/mol. The Kier molecular flexibility index (Phi) is 5.26. The molecule has 0 fully saturated rings. The number of hydrogen-bond donors (Lipinski definition) is 0. The average molecular weight is 386 g/mol. The number of rotatable bonds is 5. The molecule has 0 spiro atoms. The van der Waals surface area contributed by atoms with Crippen LogP contribution in [0.1, 0.15) is 23.0 Å². The van der Waals surface area contributed by atoms with Crippen LogP contribution in [-0.2, 0) is 4.74 Å². The smallest absolute Gasteiger partial charge is 0.388 e. The van der Waals surface area contributed by atoms with Crippen LogP contribution in [0.5, 0.6) is 5.88 Å². The zero-order valence-electron chi connectivity index (χ0n) is 14.4. The van der Waals surface area contributed by atoms with Crippen LogP contribution in [0.4, 0.5) is 8.78 Å². The number of pyridine rings is 1. The molecule has 142 valence electrons. The molecule has 8 nitrogen and oxygen atoms in total. The highest BCUT2D eigenvalue weighted by atomic mass is 19.3. The number of halogens is 2. The molecule has 0 aliphatic rings. The zero-order chi connectivity index (χ0) is 20.3. The Balaban J connectivity index is 2.27. The van der Waals surface area contributed by atoms with Gasteiger partial charge in [0.1, 0.15) is 0 Å². The SMILES string of the molecule is CCOC(=O)c1nn(-c2ccc(OC(F)F)nc2)c2cccc(C#N)c2c1=O. The van der Waals surface area contributed by atoms with Gasteiger partial charge in [0.25, 0.3) is 0 Å². The number of benzene rings is 1. The van der Waals surface area contributed by atoms with Crippen molar-refractivity contribution in [3.8, 4) is 17.6 Å². The Hall–Kier alpha value is -3.87. The fourth-order valence-corrected chi connectivity index (χ4v) is 2.55. The van der Waals surface area contributed by atoms with Crippen molar-refractivity contribution >= 4 is 16.9 Å². The first-order valence-corrected chi connectivity index (χ1v) is 8.00. The zero-order valence-corrected chi connectivity index (χ0v) is 14.4. The number of carbonyl (C=O) groups is 1. The molecule has 0 bridgehead atoms. The second kappa shape index (κ2) is 7.79. The van der Waals surface area contributed by atoms with Crippen LogP contribution in [0.25, 0.3) is 16.6 Å². The molecule has 3 rings (SSSR count). The van der Waals surface area contributed by atoms with E-state index in [1.807, 2.05) is 6.07 Å². The number of aromatic nitrogens is 3. The molecule has 0 aliphatic carbocycles. The van der Waals surface area contributed by atoms with Crippen molar-refractivity contribution in [3.05, 3.63) is 58.0 Å². The molecule has 0 saturated heterocycles. The van der Waals surface area contributed by atoms with E-state index in [4.69, 9.17) is 4.74 Å². The topological polar surface area (TPSA) is 107 Å². The summed E-state index contributed by atoms with van der Waals surface area (Å²) in [6.45, 7) is -1.43. The molecule has 0 aliphatic heterocycles. The van der Waals surface area contributed by atoms with E-state index in [0.29, 0.717) is 0 Å². The van der Waals surface area contributed by atoms with Gasteiger partial charge >= 0.3 is 12.6 Å². The quantitative estimate of drug-likeness (QED) is 0.620. The summed E-state index contributed by atoms with van der Waals surface area (Å²) < 4.78 is 34.9. The van der Waals surface area contributed by atoms with Crippen LogP contribution >= 0.6 is 0 Å². The Morgan fingerprint density at radius 3 is 2.71 bits per heavy atom. The molecular weight excluding hydrogens is 374 g/mol. The Labute approximate surface area is 156 Å². The molecule has 0 amide bonds. The van der Waals surface area contributed by atoms with E-state index >= 15 is 0 Å². The van der Waals surface area contributed by atoms with Crippen LogP contribution < -0.4 is 10.2 Å². The van der Waals surface area contributed by atoms with Gasteiger partial charge in [0.15, 0.2) is 0 Å². The summed E-state index contributed by atoms with van der Waals surface area (Å²) in [6, 6.07) is 8.97. The molecule has 0 unspecified atom stereocenters. The molecule has 10 heteroatoms. The largest absolute Gasteiger partial charge is 0.461 e. The van der Waals surface area contributed by atoms with Gasteiger partial charge in [-0.05, 0) is 25.1 Å². The molecule has 28 heavy (non-hydrogen) atoms. The van der Waals surface area contributed by atoms with Crippen LogP contribution in [0.2, 0.25) is 0 Å². The van der Waals surface area contributed by atoms with Gasteiger partial charge in [-0.2, -0.15) is 19.1 Å². The van der Waals surface area contributed by atoms with Gasteiger partial charge in [0, 0.05) is 6.07 Å². The second-order valence-electron chi connectivity index (χ2n) is 5.35. The van der Waals surface area contributed by atoms with E-state index in [9.17, 15) is 23.6 Å². The summed E-state index contributed by atoms with van der Waals surface area (Å²) in [7, 11) is 0. The number of carbonyl (C=O) groups excluding carboxylic acids is 1. The van der Waals surface area contributed by atoms with Crippen LogP contribution in [0.15, 0.2) is 41.3 Å². The first kappa shape index (κ1) is 18.9. The van der Waals surface area contributed by atoms with E-state index < -0.39 is 23.7 Å². The normalized spacial score (nSPS) is 10.7. The molecule has 0 atom stereocenters. The third kappa shape index (κ3) is 3.50. The molecular formula is C18H12F2N4O4. The van der Waals surface area contributed by atoms with Gasteiger partial charge in [-0.1, -0.05) is 6.07 Å². The number of ether oxygens (including phenoxy) is 2. The number of hydrogen-bond acceptors (Lipinski definition) is 7. The molecule has 0 N–H and O–H groups in total. The number of alkyl halides is 2. The third-order valence-corrected chi connectivity index (χ3v) is 3.68. The maximum absolute atomic E-state index is 12.7. The van der Waals surface area contributed by atoms with Crippen LogP contribution in [-0.4, -0.2) is 34.0 Å². The molecule has 0 radical (unpaired) electrons. The van der Waals surface area contributed by atoms with Gasteiger partial charge < -0.3 is 9.47 Å². The minimum absolute atomic E-state index is 0.0176. The number of nitrogens with zero attached hydrogens (tertiary/aromatic N) is 4. The van der Waals surface area contributed by atoms with E-state index in [1.54, 1.807) is 13.0 Å². The van der Waals surface area contributed by atoms with Gasteiger partial charge in [-0.15, -0.1) is 0 Å². The monoisotopic (exact) mass is 386 g/mol. The summed E-state index contributed by atoms with van der Waals surface area (Å²) in [6.07, 6.45) is 1.18. The van der Waals surface area contributed by atoms with Crippen molar-refractivity contribution in [1.29, 1.82) is 5.26 Å². The lowest BCUT2D eigenvalue weighted by Crippen LogP contribution is -2.24. The fourth-order valence-electron chi connectivity index (χ4n) is 2.55. The van der Waals surface area contributed by atoms with Gasteiger partial charge in [0.05, 0.1) is 41.0 Å². The van der Waals surface area contributed by atoms with Crippen molar-refractivity contribution in [1.82, 2.24) is 14.8 Å². The van der Waals surface area contributed by atoms with Crippen LogP contribution in [0, 0.1) is 11.3 Å². The highest BCUT2D eigenvalue weighted by molar-refractivity contribution is 5.94. The third-order valence-electron chi connectivity index (χ3n) is 3.68. The first-order chi connectivity index (χ1) is 13.5. The minimum Gasteiger partial charge on any atom is -0.461 e. The van der Waals surface area contributed by atoms with E-state index in [-0.39, 0.29) is 34.6 Å². The predicted octanol–water partition coefficient (Wildman–Crippen LogP) is 2.43. The lowest BCUT2D eigenvalue weighted by molar-refractivity contribution is -0.0528. The molecule has 2 aromatic heterocycles. The van der Waals surface area contributed by atoms with Crippen molar-refractivity contribution in [3.63, 3.8) is 0 Å². The summed E-state index contributed by atoms with van der Waals surface area (Å²) in [4.78, 5) is 28.7.